The Balaban J connectivity index is 2.67. The van der Waals surface area contributed by atoms with Crippen molar-refractivity contribution < 1.29 is 14.3 Å². The van der Waals surface area contributed by atoms with Crippen molar-refractivity contribution in [1.29, 1.82) is 0 Å². The fourth-order valence-electron chi connectivity index (χ4n) is 1.22. The number of benzene rings is 1. The second kappa shape index (κ2) is 6.58. The van der Waals surface area contributed by atoms with Gasteiger partial charge in [-0.1, -0.05) is 12.1 Å². The summed E-state index contributed by atoms with van der Waals surface area (Å²) in [6, 6.07) is 7.09. The molecular formula is C12H14INO3. The first-order valence-corrected chi connectivity index (χ1v) is 6.37. The summed E-state index contributed by atoms with van der Waals surface area (Å²) in [5.41, 5.74) is 0.476. The average Bonchev–Trinajstić information content (AvgIpc) is 2.29. The van der Waals surface area contributed by atoms with Gasteiger partial charge in [-0.05, 0) is 48.6 Å². The summed E-state index contributed by atoms with van der Waals surface area (Å²) in [5.74, 6) is -0.763. The van der Waals surface area contributed by atoms with Gasteiger partial charge in [0.2, 0.25) is 0 Å². The number of rotatable bonds is 4. The van der Waals surface area contributed by atoms with Crippen LogP contribution in [0.25, 0.3) is 0 Å². The Morgan fingerprint density at radius 2 is 2.06 bits per heavy atom. The van der Waals surface area contributed by atoms with Crippen LogP contribution in [0.2, 0.25) is 0 Å². The van der Waals surface area contributed by atoms with E-state index in [-0.39, 0.29) is 5.91 Å². The summed E-state index contributed by atoms with van der Waals surface area (Å²) >= 11 is 2.05. The zero-order valence-corrected chi connectivity index (χ0v) is 11.9. The van der Waals surface area contributed by atoms with E-state index in [0.29, 0.717) is 12.1 Å². The highest BCUT2D eigenvalue weighted by Gasteiger charge is 2.19. The van der Waals surface area contributed by atoms with Crippen molar-refractivity contribution in [1.82, 2.24) is 5.32 Å². The van der Waals surface area contributed by atoms with Crippen LogP contribution in [0.3, 0.4) is 0 Å². The van der Waals surface area contributed by atoms with E-state index in [1.54, 1.807) is 19.1 Å². The Labute approximate surface area is 114 Å². The lowest BCUT2D eigenvalue weighted by Gasteiger charge is -2.13. The number of amides is 1. The molecule has 0 heterocycles. The molecule has 0 aromatic heterocycles. The summed E-state index contributed by atoms with van der Waals surface area (Å²) < 4.78 is 5.88. The Bertz CT molecular complexity index is 420. The molecule has 17 heavy (non-hydrogen) atoms. The van der Waals surface area contributed by atoms with E-state index in [2.05, 4.69) is 27.9 Å². The molecule has 0 bridgehead atoms. The maximum absolute atomic E-state index is 11.8. The molecular weight excluding hydrogens is 333 g/mol. The van der Waals surface area contributed by atoms with E-state index < -0.39 is 12.1 Å². The molecule has 1 atom stereocenters. The molecule has 0 fully saturated rings. The van der Waals surface area contributed by atoms with Crippen LogP contribution in [0.5, 0.6) is 0 Å². The van der Waals surface area contributed by atoms with Crippen molar-refractivity contribution in [2.45, 2.75) is 20.0 Å². The van der Waals surface area contributed by atoms with Crippen LogP contribution in [0, 0.1) is 3.57 Å². The van der Waals surface area contributed by atoms with E-state index >= 15 is 0 Å². The van der Waals surface area contributed by atoms with E-state index in [0.717, 1.165) is 3.57 Å². The number of esters is 1. The molecule has 0 aliphatic heterocycles. The van der Waals surface area contributed by atoms with Gasteiger partial charge in [0.15, 0.2) is 6.10 Å². The lowest BCUT2D eigenvalue weighted by Crippen LogP contribution is -2.35. The maximum atomic E-state index is 11.8. The smallest absolute Gasteiger partial charge is 0.339 e. The molecule has 92 valence electrons. The third-order valence-corrected chi connectivity index (χ3v) is 3.04. The van der Waals surface area contributed by atoms with Gasteiger partial charge in [0.1, 0.15) is 0 Å². The van der Waals surface area contributed by atoms with Crippen LogP contribution >= 0.6 is 22.6 Å². The van der Waals surface area contributed by atoms with Crippen LogP contribution < -0.4 is 5.32 Å². The fraction of sp³-hybridized carbons (Fsp3) is 0.333. The molecule has 1 rings (SSSR count). The quantitative estimate of drug-likeness (QED) is 0.669. The highest BCUT2D eigenvalue weighted by molar-refractivity contribution is 14.1. The molecule has 0 aliphatic carbocycles. The first-order chi connectivity index (χ1) is 8.06. The zero-order chi connectivity index (χ0) is 12.8. The number of halogens is 1. The molecule has 1 aromatic rings. The lowest BCUT2D eigenvalue weighted by atomic mass is 10.2. The van der Waals surface area contributed by atoms with Crippen molar-refractivity contribution in [2.24, 2.45) is 0 Å². The highest BCUT2D eigenvalue weighted by atomic mass is 127. The maximum Gasteiger partial charge on any atom is 0.339 e. The van der Waals surface area contributed by atoms with Crippen molar-refractivity contribution in [3.8, 4) is 0 Å². The fourth-order valence-corrected chi connectivity index (χ4v) is 1.83. The number of carbonyl (C=O) groups excluding carboxylic acids is 2. The van der Waals surface area contributed by atoms with Crippen LogP contribution in [-0.4, -0.2) is 24.5 Å². The Kier molecular flexibility index (Phi) is 5.40. The van der Waals surface area contributed by atoms with Crippen molar-refractivity contribution >= 4 is 34.5 Å². The molecule has 1 aromatic carbocycles. The number of nitrogens with one attached hydrogen (secondary N) is 1. The molecule has 5 heteroatoms. The SMILES string of the molecule is CCNC(=O)[C@H](C)OC(=O)c1ccccc1I. The van der Waals surface area contributed by atoms with Crippen molar-refractivity contribution in [3.05, 3.63) is 33.4 Å². The summed E-state index contributed by atoms with van der Waals surface area (Å²) in [6.45, 7) is 3.88. The monoisotopic (exact) mass is 347 g/mol. The largest absolute Gasteiger partial charge is 0.449 e. The van der Waals surface area contributed by atoms with Crippen LogP contribution in [0.1, 0.15) is 24.2 Å². The summed E-state index contributed by atoms with van der Waals surface area (Å²) in [7, 11) is 0. The number of hydrogen-bond donors (Lipinski definition) is 1. The Morgan fingerprint density at radius 3 is 2.65 bits per heavy atom. The topological polar surface area (TPSA) is 55.4 Å². The summed E-state index contributed by atoms with van der Waals surface area (Å²) in [4.78, 5) is 23.2. The van der Waals surface area contributed by atoms with Crippen LogP contribution in [0.15, 0.2) is 24.3 Å². The van der Waals surface area contributed by atoms with Crippen LogP contribution in [-0.2, 0) is 9.53 Å². The number of ether oxygens (including phenoxy) is 1. The van der Waals surface area contributed by atoms with Crippen LogP contribution in [0.4, 0.5) is 0 Å². The zero-order valence-electron chi connectivity index (χ0n) is 9.70. The van der Waals surface area contributed by atoms with Gasteiger partial charge < -0.3 is 10.1 Å². The molecule has 1 amide bonds. The Morgan fingerprint density at radius 1 is 1.41 bits per heavy atom. The first-order valence-electron chi connectivity index (χ1n) is 5.29. The molecule has 0 saturated carbocycles. The van der Waals surface area contributed by atoms with Gasteiger partial charge in [0, 0.05) is 10.1 Å². The summed E-state index contributed by atoms with van der Waals surface area (Å²) in [5, 5.41) is 2.60. The van der Waals surface area contributed by atoms with E-state index in [1.165, 1.54) is 0 Å². The minimum absolute atomic E-state index is 0.285. The number of carbonyl (C=O) groups is 2. The molecule has 4 nitrogen and oxygen atoms in total. The predicted octanol–water partition coefficient (Wildman–Crippen LogP) is 1.97. The first kappa shape index (κ1) is 14.0. The number of likely N-dealkylation sites (N-methyl/N-ethyl adjacent to an activating group) is 1. The lowest BCUT2D eigenvalue weighted by molar-refractivity contribution is -0.128. The molecule has 0 aliphatic rings. The molecule has 0 unspecified atom stereocenters. The molecule has 0 saturated heterocycles. The van der Waals surface area contributed by atoms with Gasteiger partial charge in [-0.2, -0.15) is 0 Å². The normalized spacial score (nSPS) is 11.7. The molecule has 1 N–H and O–H groups in total. The third kappa shape index (κ3) is 3.99. The van der Waals surface area contributed by atoms with Crippen molar-refractivity contribution in [2.75, 3.05) is 6.54 Å². The van der Waals surface area contributed by atoms with E-state index in [1.807, 2.05) is 19.1 Å². The van der Waals surface area contributed by atoms with Gasteiger partial charge in [-0.15, -0.1) is 0 Å². The minimum atomic E-state index is -0.779. The highest BCUT2D eigenvalue weighted by Crippen LogP contribution is 2.13. The van der Waals surface area contributed by atoms with E-state index in [9.17, 15) is 9.59 Å². The molecule has 0 spiro atoms. The van der Waals surface area contributed by atoms with Gasteiger partial charge in [-0.25, -0.2) is 4.79 Å². The van der Waals surface area contributed by atoms with Crippen molar-refractivity contribution in [3.63, 3.8) is 0 Å². The van der Waals surface area contributed by atoms with Gasteiger partial charge in [0.25, 0.3) is 5.91 Å². The predicted molar refractivity (Wildman–Crippen MR) is 72.7 cm³/mol. The van der Waals surface area contributed by atoms with Gasteiger partial charge >= 0.3 is 5.97 Å². The standard InChI is InChI=1S/C12H14INO3/c1-3-14-11(15)8(2)17-12(16)9-6-4-5-7-10(9)13/h4-8H,3H2,1-2H3,(H,14,15)/t8-/m0/s1. The summed E-state index contributed by atoms with van der Waals surface area (Å²) in [6.07, 6.45) is -0.779. The second-order valence-electron chi connectivity index (χ2n) is 3.42. The second-order valence-corrected chi connectivity index (χ2v) is 4.58. The Hall–Kier alpha value is -1.11. The average molecular weight is 347 g/mol. The minimum Gasteiger partial charge on any atom is -0.449 e. The van der Waals surface area contributed by atoms with Gasteiger partial charge in [0.05, 0.1) is 5.56 Å². The molecule has 0 radical (unpaired) electrons. The third-order valence-electron chi connectivity index (χ3n) is 2.10. The van der Waals surface area contributed by atoms with E-state index in [4.69, 9.17) is 4.74 Å². The number of hydrogen-bond acceptors (Lipinski definition) is 3. The van der Waals surface area contributed by atoms with Gasteiger partial charge in [-0.3, -0.25) is 4.79 Å².